The van der Waals surface area contributed by atoms with Crippen LogP contribution in [0.25, 0.3) is 44.8 Å². The van der Waals surface area contributed by atoms with Gasteiger partial charge in [-0.1, -0.05) is 0 Å². The van der Waals surface area contributed by atoms with Crippen LogP contribution in [0.3, 0.4) is 0 Å². The third-order valence-corrected chi connectivity index (χ3v) is 8.83. The Hall–Kier alpha value is -4.79. The largest absolute Gasteiger partial charge is 0.494 e. The van der Waals surface area contributed by atoms with E-state index in [1.165, 1.54) is 4.90 Å². The number of carbonyl (C=O) groups excluding carboxylic acids is 1. The minimum Gasteiger partial charge on any atom is -0.494 e. The van der Waals surface area contributed by atoms with E-state index >= 15 is 0 Å². The van der Waals surface area contributed by atoms with E-state index in [1.54, 1.807) is 31.4 Å². The molecule has 45 heavy (non-hydrogen) atoms. The fraction of sp³-hybridized carbons (Fsp3) is 0.353. The second kappa shape index (κ2) is 11.3. The number of piperidine rings is 1. The van der Waals surface area contributed by atoms with Gasteiger partial charge in [-0.25, -0.2) is 14.4 Å². The highest BCUT2D eigenvalue weighted by atomic mass is 19.1. The predicted molar refractivity (Wildman–Crippen MR) is 168 cm³/mol. The molecule has 2 aromatic carbocycles. The molecule has 3 aromatic heterocycles. The van der Waals surface area contributed by atoms with Gasteiger partial charge in [0.1, 0.15) is 23.1 Å². The summed E-state index contributed by atoms with van der Waals surface area (Å²) in [5.74, 6) is 1.43. The van der Waals surface area contributed by atoms with Gasteiger partial charge in [0.25, 0.3) is 5.91 Å². The van der Waals surface area contributed by atoms with E-state index in [0.29, 0.717) is 51.9 Å². The molecule has 1 amide bonds. The number of hydrogen-bond donors (Lipinski definition) is 2. The lowest BCUT2D eigenvalue weighted by Gasteiger charge is -2.33. The molecular formula is C34H34FN7O3. The number of halogens is 1. The Labute approximate surface area is 259 Å². The van der Waals surface area contributed by atoms with Crippen molar-refractivity contribution in [1.82, 2.24) is 24.0 Å². The number of alkyl halides is 1. The Morgan fingerprint density at radius 2 is 1.98 bits per heavy atom. The van der Waals surface area contributed by atoms with Crippen molar-refractivity contribution in [2.24, 2.45) is 18.7 Å². The van der Waals surface area contributed by atoms with E-state index in [1.807, 2.05) is 29.8 Å². The number of nitriles is 1. The predicted octanol–water partition coefficient (Wildman–Crippen LogP) is 4.55. The summed E-state index contributed by atoms with van der Waals surface area (Å²) in [6, 6.07) is 16.5. The summed E-state index contributed by atoms with van der Waals surface area (Å²) in [7, 11) is 3.48. The van der Waals surface area contributed by atoms with Gasteiger partial charge < -0.3 is 29.6 Å². The first kappa shape index (κ1) is 29.0. The normalized spacial score (nSPS) is 18.4. The SMILES string of the molecule is COc1cc(C(=O)N2C[C@H](N)C[C@@H](F)C2)cc2nc(-c3cc4ccc(-c5cc(C#N)cc(CO)c5)nc4n3CC3CC3)n(C)c12. The maximum absolute atomic E-state index is 14.3. The third-order valence-electron chi connectivity index (χ3n) is 8.83. The number of rotatable bonds is 7. The van der Waals surface area contributed by atoms with E-state index in [0.717, 1.165) is 47.2 Å². The Balaban J connectivity index is 1.34. The second-order valence-electron chi connectivity index (χ2n) is 12.2. The lowest BCUT2D eigenvalue weighted by atomic mass is 10.0. The summed E-state index contributed by atoms with van der Waals surface area (Å²) in [5.41, 5.74) is 12.0. The number of pyridine rings is 1. The molecule has 1 aliphatic carbocycles. The number of carbonyl (C=O) groups is 1. The Kier molecular flexibility index (Phi) is 7.26. The van der Waals surface area contributed by atoms with E-state index < -0.39 is 12.2 Å². The summed E-state index contributed by atoms with van der Waals surface area (Å²) in [5, 5.41) is 20.2. The van der Waals surface area contributed by atoms with Gasteiger partial charge >= 0.3 is 0 Å². The number of aliphatic hydroxyl groups excluding tert-OH is 1. The number of imidazole rings is 1. The number of nitrogens with zero attached hydrogens (tertiary/aromatic N) is 6. The van der Waals surface area contributed by atoms with Crippen LogP contribution in [0.1, 0.15) is 40.7 Å². The first-order chi connectivity index (χ1) is 21.8. The summed E-state index contributed by atoms with van der Waals surface area (Å²) in [4.78, 5) is 25.0. The van der Waals surface area contributed by atoms with E-state index in [4.69, 9.17) is 20.4 Å². The minimum absolute atomic E-state index is 0.0126. The molecule has 0 spiro atoms. The third kappa shape index (κ3) is 5.30. The van der Waals surface area contributed by atoms with Gasteiger partial charge in [0.2, 0.25) is 0 Å². The van der Waals surface area contributed by atoms with Crippen LogP contribution in [0.2, 0.25) is 0 Å². The van der Waals surface area contributed by atoms with Gasteiger partial charge in [-0.15, -0.1) is 0 Å². The number of fused-ring (bicyclic) bond motifs is 2. The van der Waals surface area contributed by atoms with Gasteiger partial charge in [-0.2, -0.15) is 5.26 Å². The van der Waals surface area contributed by atoms with Crippen LogP contribution in [0.15, 0.2) is 48.5 Å². The van der Waals surface area contributed by atoms with Crippen LogP contribution in [0, 0.1) is 17.2 Å². The number of aromatic nitrogens is 4. The smallest absolute Gasteiger partial charge is 0.254 e. The fourth-order valence-electron chi connectivity index (χ4n) is 6.45. The van der Waals surface area contributed by atoms with Crippen LogP contribution in [0.4, 0.5) is 4.39 Å². The van der Waals surface area contributed by atoms with Crippen molar-refractivity contribution in [3.05, 3.63) is 65.2 Å². The molecule has 2 aliphatic rings. The van der Waals surface area contributed by atoms with Gasteiger partial charge in [0.05, 0.1) is 48.8 Å². The van der Waals surface area contributed by atoms with Crippen LogP contribution in [-0.2, 0) is 20.2 Å². The molecule has 0 radical (unpaired) electrons. The monoisotopic (exact) mass is 607 g/mol. The maximum atomic E-state index is 14.3. The molecule has 0 unspecified atom stereocenters. The Bertz CT molecular complexity index is 1990. The average Bonchev–Trinajstić information content (AvgIpc) is 3.72. The first-order valence-electron chi connectivity index (χ1n) is 15.2. The molecule has 230 valence electrons. The highest BCUT2D eigenvalue weighted by Crippen LogP contribution is 2.38. The summed E-state index contributed by atoms with van der Waals surface area (Å²) < 4.78 is 24.2. The standard InChI is InChI=1S/C34H34FN7O3/c1-40-31-28(10-24(12-30(31)45-2)34(44)41-16-25(35)13-26(37)17-41)39-33(40)29-11-22-5-6-27(38-32(22)42(29)15-19-3-4-19)23-8-20(14-36)7-21(9-23)18-43/h5-12,19,25-26,43H,3-4,13,15-18,37H2,1-2H3/t25-,26-/m1/s1. The van der Waals surface area contributed by atoms with E-state index in [-0.39, 0.29) is 25.5 Å². The van der Waals surface area contributed by atoms with Crippen molar-refractivity contribution in [2.75, 3.05) is 20.2 Å². The summed E-state index contributed by atoms with van der Waals surface area (Å²) in [6.45, 7) is 0.918. The molecule has 10 nitrogen and oxygen atoms in total. The van der Waals surface area contributed by atoms with Gasteiger partial charge in [-0.05, 0) is 79.3 Å². The lowest BCUT2D eigenvalue weighted by Crippen LogP contribution is -2.50. The number of benzene rings is 2. The molecule has 2 atom stereocenters. The van der Waals surface area contributed by atoms with Gasteiger partial charge in [0.15, 0.2) is 5.82 Å². The molecule has 5 aromatic rings. The van der Waals surface area contributed by atoms with Crippen molar-refractivity contribution in [3.8, 4) is 34.6 Å². The van der Waals surface area contributed by atoms with Crippen molar-refractivity contribution >= 4 is 28.0 Å². The zero-order valence-corrected chi connectivity index (χ0v) is 25.2. The minimum atomic E-state index is -1.15. The van der Waals surface area contributed by atoms with E-state index in [9.17, 15) is 19.6 Å². The first-order valence-corrected chi connectivity index (χ1v) is 15.2. The molecule has 3 N–H and O–H groups in total. The number of aliphatic hydroxyl groups is 1. The second-order valence-corrected chi connectivity index (χ2v) is 12.2. The zero-order chi connectivity index (χ0) is 31.4. The number of likely N-dealkylation sites (tertiary alicyclic amines) is 1. The Morgan fingerprint density at radius 1 is 1.16 bits per heavy atom. The van der Waals surface area contributed by atoms with Gasteiger partial charge in [-0.3, -0.25) is 4.79 Å². The number of nitrogens with two attached hydrogens (primary N) is 1. The number of hydrogen-bond acceptors (Lipinski definition) is 7. The van der Waals surface area contributed by atoms with Crippen LogP contribution >= 0.6 is 0 Å². The zero-order valence-electron chi connectivity index (χ0n) is 25.2. The van der Waals surface area contributed by atoms with Crippen molar-refractivity contribution in [2.45, 2.75) is 44.6 Å². The number of aryl methyl sites for hydroxylation is 1. The molecule has 2 fully saturated rings. The maximum Gasteiger partial charge on any atom is 0.254 e. The number of ether oxygens (including phenoxy) is 1. The van der Waals surface area contributed by atoms with Crippen molar-refractivity contribution < 1.29 is 19.0 Å². The molecule has 1 saturated carbocycles. The van der Waals surface area contributed by atoms with Crippen molar-refractivity contribution in [1.29, 1.82) is 5.26 Å². The summed E-state index contributed by atoms with van der Waals surface area (Å²) >= 11 is 0. The highest BCUT2D eigenvalue weighted by molar-refractivity contribution is 6.00. The number of amides is 1. The summed E-state index contributed by atoms with van der Waals surface area (Å²) in [6.07, 6.45) is 1.38. The quantitative estimate of drug-likeness (QED) is 0.277. The van der Waals surface area contributed by atoms with E-state index in [2.05, 4.69) is 16.7 Å². The number of methoxy groups -OCH3 is 1. The lowest BCUT2D eigenvalue weighted by molar-refractivity contribution is 0.0606. The molecule has 0 bridgehead atoms. The molecule has 11 heteroatoms. The Morgan fingerprint density at radius 3 is 2.69 bits per heavy atom. The van der Waals surface area contributed by atoms with Crippen LogP contribution in [-0.4, -0.2) is 67.4 Å². The van der Waals surface area contributed by atoms with Gasteiger partial charge in [0, 0.05) is 42.7 Å². The van der Waals surface area contributed by atoms with Crippen LogP contribution < -0.4 is 10.5 Å². The van der Waals surface area contributed by atoms with Crippen LogP contribution in [0.5, 0.6) is 5.75 Å². The topological polar surface area (TPSA) is 135 Å². The fourth-order valence-corrected chi connectivity index (χ4v) is 6.45. The van der Waals surface area contributed by atoms with Crippen molar-refractivity contribution in [3.63, 3.8) is 0 Å². The molecule has 1 aliphatic heterocycles. The molecule has 4 heterocycles. The molecule has 1 saturated heterocycles. The average molecular weight is 608 g/mol. The highest BCUT2D eigenvalue weighted by Gasteiger charge is 2.30. The molecule has 7 rings (SSSR count). The molecular weight excluding hydrogens is 573 g/mol.